The molecule has 15 heavy (non-hydrogen) atoms. The van der Waals surface area contributed by atoms with E-state index in [0.717, 1.165) is 17.7 Å². The standard InChI is InChI=1S/C11H9ClN2O/c1-8-4-5-14(13-8)11-3-2-9(7-15)6-10(11)12/h2-7H,1H3. The molecule has 0 fully saturated rings. The highest BCUT2D eigenvalue weighted by Crippen LogP contribution is 2.20. The number of carbonyl (C=O) groups is 1. The minimum absolute atomic E-state index is 0.516. The number of nitrogens with zero attached hydrogens (tertiary/aromatic N) is 2. The molecule has 0 saturated carbocycles. The van der Waals surface area contributed by atoms with E-state index >= 15 is 0 Å². The highest BCUT2D eigenvalue weighted by atomic mass is 35.5. The van der Waals surface area contributed by atoms with Gasteiger partial charge in [-0.3, -0.25) is 4.79 Å². The van der Waals surface area contributed by atoms with Crippen LogP contribution >= 0.6 is 11.6 Å². The topological polar surface area (TPSA) is 34.9 Å². The Hall–Kier alpha value is -1.61. The Labute approximate surface area is 92.3 Å². The van der Waals surface area contributed by atoms with Gasteiger partial charge in [0.05, 0.1) is 16.4 Å². The molecule has 0 N–H and O–H groups in total. The van der Waals surface area contributed by atoms with Gasteiger partial charge in [-0.2, -0.15) is 5.10 Å². The second-order valence-electron chi connectivity index (χ2n) is 3.23. The maximum absolute atomic E-state index is 10.5. The molecule has 0 amide bonds. The molecule has 0 aliphatic carbocycles. The number of benzene rings is 1. The number of rotatable bonds is 2. The summed E-state index contributed by atoms with van der Waals surface area (Å²) in [6, 6.07) is 7.01. The van der Waals surface area contributed by atoms with E-state index in [0.29, 0.717) is 10.6 Å². The fourth-order valence-electron chi connectivity index (χ4n) is 1.33. The smallest absolute Gasteiger partial charge is 0.150 e. The molecule has 1 aromatic heterocycles. The second kappa shape index (κ2) is 3.87. The minimum Gasteiger partial charge on any atom is -0.298 e. The minimum atomic E-state index is 0.516. The van der Waals surface area contributed by atoms with Gasteiger partial charge in [0.1, 0.15) is 6.29 Å². The van der Waals surface area contributed by atoms with Crippen molar-refractivity contribution in [1.29, 1.82) is 0 Å². The van der Waals surface area contributed by atoms with Gasteiger partial charge in [-0.1, -0.05) is 11.6 Å². The summed E-state index contributed by atoms with van der Waals surface area (Å²) in [4.78, 5) is 10.5. The Kier molecular flexibility index (Phi) is 2.56. The van der Waals surface area contributed by atoms with E-state index in [1.807, 2.05) is 19.2 Å². The van der Waals surface area contributed by atoms with Crippen molar-refractivity contribution in [2.75, 3.05) is 0 Å². The fraction of sp³-hybridized carbons (Fsp3) is 0.0909. The second-order valence-corrected chi connectivity index (χ2v) is 3.64. The molecule has 0 saturated heterocycles. The number of aldehydes is 1. The lowest BCUT2D eigenvalue weighted by Gasteiger charge is -2.04. The Bertz CT molecular complexity index is 505. The summed E-state index contributed by atoms with van der Waals surface area (Å²) >= 11 is 6.03. The normalized spacial score (nSPS) is 10.3. The number of aryl methyl sites for hydroxylation is 1. The van der Waals surface area contributed by atoms with E-state index in [2.05, 4.69) is 5.10 Å². The summed E-state index contributed by atoms with van der Waals surface area (Å²) in [7, 11) is 0. The van der Waals surface area contributed by atoms with Gasteiger partial charge in [-0.25, -0.2) is 4.68 Å². The van der Waals surface area contributed by atoms with Crippen LogP contribution in [-0.4, -0.2) is 16.1 Å². The van der Waals surface area contributed by atoms with Gasteiger partial charge in [0.25, 0.3) is 0 Å². The molecule has 2 aromatic rings. The van der Waals surface area contributed by atoms with Gasteiger partial charge >= 0.3 is 0 Å². The van der Waals surface area contributed by atoms with Crippen molar-refractivity contribution < 1.29 is 4.79 Å². The van der Waals surface area contributed by atoms with Crippen molar-refractivity contribution in [2.24, 2.45) is 0 Å². The van der Waals surface area contributed by atoms with Crippen LogP contribution in [0.2, 0.25) is 5.02 Å². The lowest BCUT2D eigenvalue weighted by molar-refractivity contribution is 0.112. The van der Waals surface area contributed by atoms with Gasteiger partial charge in [0.15, 0.2) is 0 Å². The Morgan fingerprint density at radius 3 is 2.73 bits per heavy atom. The molecule has 2 rings (SSSR count). The number of hydrogen-bond acceptors (Lipinski definition) is 2. The lowest BCUT2D eigenvalue weighted by Crippen LogP contribution is -1.96. The molecule has 0 radical (unpaired) electrons. The Balaban J connectivity index is 2.49. The van der Waals surface area contributed by atoms with Gasteiger partial charge in [0, 0.05) is 11.8 Å². The molecule has 3 nitrogen and oxygen atoms in total. The highest BCUT2D eigenvalue weighted by Gasteiger charge is 2.04. The van der Waals surface area contributed by atoms with Crippen LogP contribution in [0, 0.1) is 6.92 Å². The van der Waals surface area contributed by atoms with Crippen molar-refractivity contribution >= 4 is 17.9 Å². The fourth-order valence-corrected chi connectivity index (χ4v) is 1.61. The first-order valence-electron chi connectivity index (χ1n) is 4.48. The number of aromatic nitrogens is 2. The average molecular weight is 221 g/mol. The maximum Gasteiger partial charge on any atom is 0.150 e. The van der Waals surface area contributed by atoms with Crippen molar-refractivity contribution in [2.45, 2.75) is 6.92 Å². The molecular formula is C11H9ClN2O. The van der Waals surface area contributed by atoms with Crippen LogP contribution < -0.4 is 0 Å². The molecule has 0 bridgehead atoms. The van der Waals surface area contributed by atoms with Crippen LogP contribution in [-0.2, 0) is 0 Å². The predicted molar refractivity (Wildman–Crippen MR) is 58.7 cm³/mol. The molecule has 0 spiro atoms. The molecule has 0 aliphatic rings. The SMILES string of the molecule is Cc1ccn(-c2ccc(C=O)cc2Cl)n1. The quantitative estimate of drug-likeness (QED) is 0.730. The average Bonchev–Trinajstić information content (AvgIpc) is 2.64. The van der Waals surface area contributed by atoms with Crippen LogP contribution in [0.1, 0.15) is 16.1 Å². The lowest BCUT2D eigenvalue weighted by atomic mass is 10.2. The summed E-state index contributed by atoms with van der Waals surface area (Å²) in [5.41, 5.74) is 2.26. The molecule has 0 atom stereocenters. The third-order valence-corrected chi connectivity index (χ3v) is 2.38. The van der Waals surface area contributed by atoms with Gasteiger partial charge in [-0.15, -0.1) is 0 Å². The zero-order valence-corrected chi connectivity index (χ0v) is 8.90. The highest BCUT2D eigenvalue weighted by molar-refractivity contribution is 6.32. The van der Waals surface area contributed by atoms with Crippen LogP contribution in [0.4, 0.5) is 0 Å². The van der Waals surface area contributed by atoms with Gasteiger partial charge in [0.2, 0.25) is 0 Å². The van der Waals surface area contributed by atoms with Crippen molar-refractivity contribution in [3.63, 3.8) is 0 Å². The monoisotopic (exact) mass is 220 g/mol. The maximum atomic E-state index is 10.5. The summed E-state index contributed by atoms with van der Waals surface area (Å²) in [6.45, 7) is 1.91. The Morgan fingerprint density at radius 1 is 1.40 bits per heavy atom. The zero-order chi connectivity index (χ0) is 10.8. The first kappa shape index (κ1) is 9.93. The number of halogens is 1. The largest absolute Gasteiger partial charge is 0.298 e. The van der Waals surface area contributed by atoms with Crippen molar-refractivity contribution in [1.82, 2.24) is 9.78 Å². The van der Waals surface area contributed by atoms with Crippen LogP contribution in [0.5, 0.6) is 0 Å². The van der Waals surface area contributed by atoms with E-state index in [-0.39, 0.29) is 0 Å². The van der Waals surface area contributed by atoms with Gasteiger partial charge < -0.3 is 0 Å². The summed E-state index contributed by atoms with van der Waals surface area (Å²) < 4.78 is 1.69. The van der Waals surface area contributed by atoms with E-state index in [1.54, 1.807) is 22.9 Å². The molecule has 0 aliphatic heterocycles. The Morgan fingerprint density at radius 2 is 2.20 bits per heavy atom. The van der Waals surface area contributed by atoms with Crippen molar-refractivity contribution in [3.8, 4) is 5.69 Å². The molecule has 76 valence electrons. The molecular weight excluding hydrogens is 212 g/mol. The van der Waals surface area contributed by atoms with Crippen molar-refractivity contribution in [3.05, 3.63) is 46.7 Å². The van der Waals surface area contributed by atoms with E-state index < -0.39 is 0 Å². The zero-order valence-electron chi connectivity index (χ0n) is 8.14. The van der Waals surface area contributed by atoms with E-state index in [4.69, 9.17) is 11.6 Å². The number of carbonyl (C=O) groups excluding carboxylic acids is 1. The van der Waals surface area contributed by atoms with Crippen LogP contribution in [0.3, 0.4) is 0 Å². The first-order chi connectivity index (χ1) is 7.20. The summed E-state index contributed by atoms with van der Waals surface area (Å²) in [5.74, 6) is 0. The third kappa shape index (κ3) is 1.92. The number of hydrogen-bond donors (Lipinski definition) is 0. The third-order valence-electron chi connectivity index (χ3n) is 2.08. The first-order valence-corrected chi connectivity index (χ1v) is 4.86. The molecule has 1 heterocycles. The predicted octanol–water partition coefficient (Wildman–Crippen LogP) is 2.65. The summed E-state index contributed by atoms with van der Waals surface area (Å²) in [6.07, 6.45) is 2.60. The van der Waals surface area contributed by atoms with E-state index in [9.17, 15) is 4.79 Å². The summed E-state index contributed by atoms with van der Waals surface area (Å²) in [5, 5.41) is 4.76. The van der Waals surface area contributed by atoms with Crippen LogP contribution in [0.15, 0.2) is 30.5 Å². The molecule has 4 heteroatoms. The molecule has 1 aromatic carbocycles. The van der Waals surface area contributed by atoms with E-state index in [1.165, 1.54) is 0 Å². The molecule has 0 unspecified atom stereocenters. The van der Waals surface area contributed by atoms with Gasteiger partial charge in [-0.05, 0) is 31.2 Å². The van der Waals surface area contributed by atoms with Crippen LogP contribution in [0.25, 0.3) is 5.69 Å².